The van der Waals surface area contributed by atoms with Gasteiger partial charge in [-0.2, -0.15) is 0 Å². The second-order valence-corrected chi connectivity index (χ2v) is 5.39. The fourth-order valence-corrected chi connectivity index (χ4v) is 2.76. The van der Waals surface area contributed by atoms with Gasteiger partial charge in [-0.05, 0) is 37.1 Å². The second-order valence-electron chi connectivity index (χ2n) is 5.00. The zero-order valence-electron chi connectivity index (χ0n) is 12.4. The Hall–Kier alpha value is -2.40. The minimum absolute atomic E-state index is 0.212. The monoisotopic (exact) mass is 314 g/mol. The number of aryl methyl sites for hydroxylation is 1. The van der Waals surface area contributed by atoms with Crippen LogP contribution < -0.4 is 10.2 Å². The average Bonchev–Trinajstić information content (AvgIpc) is 2.62. The number of nitrogens with one attached hydrogen (secondary N) is 1. The van der Waals surface area contributed by atoms with E-state index < -0.39 is 0 Å². The van der Waals surface area contributed by atoms with E-state index in [-0.39, 0.29) is 5.91 Å². The van der Waals surface area contributed by atoms with Crippen molar-refractivity contribution in [3.63, 3.8) is 0 Å². The number of nitrogens with zero attached hydrogens (tertiary/aromatic N) is 3. The van der Waals surface area contributed by atoms with Crippen molar-refractivity contribution in [3.05, 3.63) is 46.8 Å². The molecule has 3 rings (SSSR count). The van der Waals surface area contributed by atoms with E-state index in [9.17, 15) is 4.79 Å². The summed E-state index contributed by atoms with van der Waals surface area (Å²) in [6, 6.07) is 3.50. The maximum atomic E-state index is 12.6. The summed E-state index contributed by atoms with van der Waals surface area (Å²) in [7, 11) is 0. The summed E-state index contributed by atoms with van der Waals surface area (Å²) in [6.07, 6.45) is 3.35. The first kappa shape index (κ1) is 14.5. The van der Waals surface area contributed by atoms with Crippen molar-refractivity contribution in [1.82, 2.24) is 9.97 Å². The molecule has 0 saturated heterocycles. The summed E-state index contributed by atoms with van der Waals surface area (Å²) in [5.41, 5.74) is 2.80. The van der Waals surface area contributed by atoms with Crippen molar-refractivity contribution in [1.29, 1.82) is 0 Å². The lowest BCUT2D eigenvalue weighted by Gasteiger charge is -2.22. The molecule has 22 heavy (non-hydrogen) atoms. The topological polar surface area (TPSA) is 58.1 Å². The van der Waals surface area contributed by atoms with Crippen LogP contribution in [0.2, 0.25) is 5.15 Å². The zero-order valence-corrected chi connectivity index (χ0v) is 13.1. The van der Waals surface area contributed by atoms with Crippen LogP contribution in [0.15, 0.2) is 24.9 Å². The number of hydrogen-bond donors (Lipinski definition) is 1. The van der Waals surface area contributed by atoms with Crippen LogP contribution in [0.4, 0.5) is 17.3 Å². The molecule has 2 aromatic heterocycles. The van der Waals surface area contributed by atoms with Crippen LogP contribution >= 0.6 is 11.6 Å². The molecule has 3 heterocycles. The van der Waals surface area contributed by atoms with Gasteiger partial charge in [0.25, 0.3) is 5.91 Å². The van der Waals surface area contributed by atoms with Gasteiger partial charge in [0.2, 0.25) is 0 Å². The minimum Gasteiger partial charge on any atom is -0.318 e. The number of anilines is 3. The minimum atomic E-state index is -0.212. The van der Waals surface area contributed by atoms with Crippen LogP contribution in [-0.2, 0) is 0 Å². The van der Waals surface area contributed by atoms with E-state index in [1.807, 2.05) is 18.7 Å². The Balaban J connectivity index is 2.29. The van der Waals surface area contributed by atoms with Crippen molar-refractivity contribution >= 4 is 40.9 Å². The average molecular weight is 315 g/mol. The van der Waals surface area contributed by atoms with Gasteiger partial charge in [-0.1, -0.05) is 24.3 Å². The van der Waals surface area contributed by atoms with Crippen LogP contribution in [0, 0.1) is 6.92 Å². The number of hydrogen-bond acceptors (Lipinski definition) is 4. The van der Waals surface area contributed by atoms with Crippen LogP contribution in [0.3, 0.4) is 0 Å². The van der Waals surface area contributed by atoms with E-state index in [2.05, 4.69) is 21.9 Å². The number of aromatic nitrogens is 2. The SMILES string of the molecule is C=Cc1cnc2c(c1)C(=O)Nc1c(C)cc(Cl)nc1N2CC. The molecule has 0 unspecified atom stereocenters. The van der Waals surface area contributed by atoms with Gasteiger partial charge < -0.3 is 10.2 Å². The second kappa shape index (κ2) is 5.42. The first-order chi connectivity index (χ1) is 10.5. The number of carbonyl (C=O) groups excluding carboxylic acids is 1. The van der Waals surface area contributed by atoms with Gasteiger partial charge in [0.15, 0.2) is 5.82 Å². The summed E-state index contributed by atoms with van der Waals surface area (Å²) in [5.74, 6) is 0.965. The molecule has 0 aromatic carbocycles. The van der Waals surface area contributed by atoms with Crippen LogP contribution in [0.25, 0.3) is 6.08 Å². The lowest BCUT2D eigenvalue weighted by Crippen LogP contribution is -2.20. The molecule has 112 valence electrons. The normalized spacial score (nSPS) is 13.0. The summed E-state index contributed by atoms with van der Waals surface area (Å²) in [5, 5.41) is 3.30. The number of carbonyl (C=O) groups is 1. The number of halogens is 1. The molecule has 0 saturated carbocycles. The van der Waals surface area contributed by atoms with Crippen LogP contribution in [0.5, 0.6) is 0 Å². The van der Waals surface area contributed by atoms with Crippen molar-refractivity contribution in [2.45, 2.75) is 13.8 Å². The Labute approximate surface area is 133 Å². The number of amides is 1. The lowest BCUT2D eigenvalue weighted by atomic mass is 10.1. The first-order valence-corrected chi connectivity index (χ1v) is 7.31. The van der Waals surface area contributed by atoms with Gasteiger partial charge in [0, 0.05) is 12.7 Å². The summed E-state index contributed by atoms with van der Waals surface area (Å²) in [6.45, 7) is 8.20. The third kappa shape index (κ3) is 2.23. The molecule has 1 aliphatic rings. The Bertz CT molecular complexity index is 788. The zero-order chi connectivity index (χ0) is 15.9. The molecule has 5 nitrogen and oxygen atoms in total. The smallest absolute Gasteiger partial charge is 0.259 e. The molecular formula is C16H15ClN4O. The van der Waals surface area contributed by atoms with Crippen LogP contribution in [0.1, 0.15) is 28.4 Å². The molecule has 6 heteroatoms. The van der Waals surface area contributed by atoms with E-state index in [0.717, 1.165) is 11.1 Å². The molecule has 0 aliphatic carbocycles. The van der Waals surface area contributed by atoms with Crippen molar-refractivity contribution in [2.24, 2.45) is 0 Å². The van der Waals surface area contributed by atoms with E-state index in [1.165, 1.54) is 0 Å². The Morgan fingerprint density at radius 1 is 1.41 bits per heavy atom. The predicted molar refractivity (Wildman–Crippen MR) is 88.9 cm³/mol. The van der Waals surface area contributed by atoms with E-state index in [1.54, 1.807) is 24.4 Å². The molecule has 0 atom stereocenters. The van der Waals surface area contributed by atoms with Gasteiger partial charge in [0.1, 0.15) is 11.0 Å². The summed E-state index contributed by atoms with van der Waals surface area (Å²) in [4.78, 5) is 23.2. The van der Waals surface area contributed by atoms with Crippen molar-refractivity contribution in [3.8, 4) is 0 Å². The quantitative estimate of drug-likeness (QED) is 0.856. The van der Waals surface area contributed by atoms with Gasteiger partial charge in [-0.3, -0.25) is 4.79 Å². The highest BCUT2D eigenvalue weighted by Crippen LogP contribution is 2.38. The van der Waals surface area contributed by atoms with Gasteiger partial charge in [0.05, 0.1) is 11.3 Å². The highest BCUT2D eigenvalue weighted by molar-refractivity contribution is 6.30. The highest BCUT2D eigenvalue weighted by Gasteiger charge is 2.28. The fraction of sp³-hybridized carbons (Fsp3) is 0.188. The Kier molecular flexibility index (Phi) is 3.58. The molecule has 2 aromatic rings. The summed E-state index contributed by atoms with van der Waals surface area (Å²) >= 11 is 6.08. The maximum absolute atomic E-state index is 12.6. The third-order valence-electron chi connectivity index (χ3n) is 3.60. The Morgan fingerprint density at radius 3 is 2.86 bits per heavy atom. The van der Waals surface area contributed by atoms with Gasteiger partial charge in [-0.15, -0.1) is 0 Å². The van der Waals surface area contributed by atoms with E-state index in [0.29, 0.717) is 34.6 Å². The molecule has 1 N–H and O–H groups in total. The molecule has 1 amide bonds. The summed E-state index contributed by atoms with van der Waals surface area (Å²) < 4.78 is 0. The third-order valence-corrected chi connectivity index (χ3v) is 3.79. The molecule has 0 fully saturated rings. The van der Waals surface area contributed by atoms with Gasteiger partial charge >= 0.3 is 0 Å². The fourth-order valence-electron chi connectivity index (χ4n) is 2.51. The molecule has 0 radical (unpaired) electrons. The molecular weight excluding hydrogens is 300 g/mol. The van der Waals surface area contributed by atoms with Gasteiger partial charge in [-0.25, -0.2) is 9.97 Å². The Morgan fingerprint density at radius 2 is 2.18 bits per heavy atom. The molecule has 1 aliphatic heterocycles. The number of rotatable bonds is 2. The van der Waals surface area contributed by atoms with Crippen molar-refractivity contribution in [2.75, 3.05) is 16.8 Å². The highest BCUT2D eigenvalue weighted by atomic mass is 35.5. The lowest BCUT2D eigenvalue weighted by molar-refractivity contribution is 0.102. The predicted octanol–water partition coefficient (Wildman–Crippen LogP) is 3.81. The largest absolute Gasteiger partial charge is 0.318 e. The van der Waals surface area contributed by atoms with Crippen LogP contribution in [-0.4, -0.2) is 22.4 Å². The number of fused-ring (bicyclic) bond motifs is 2. The van der Waals surface area contributed by atoms with Crippen molar-refractivity contribution < 1.29 is 4.79 Å². The first-order valence-electron chi connectivity index (χ1n) is 6.93. The molecule has 0 spiro atoms. The maximum Gasteiger partial charge on any atom is 0.259 e. The van der Waals surface area contributed by atoms with E-state index in [4.69, 9.17) is 11.6 Å². The van der Waals surface area contributed by atoms with E-state index >= 15 is 0 Å². The standard InChI is InChI=1S/C16H15ClN4O/c1-4-10-7-11-14(18-8-10)21(5-2)15-13(20-16(11)22)9(3)6-12(17)19-15/h4,6-8H,1,5H2,2-3H3,(H,20,22). The number of pyridine rings is 2. The molecule has 0 bridgehead atoms.